The van der Waals surface area contributed by atoms with Gasteiger partial charge in [-0.2, -0.15) is 0 Å². The van der Waals surface area contributed by atoms with Gasteiger partial charge in [0.1, 0.15) is 0 Å². The summed E-state index contributed by atoms with van der Waals surface area (Å²) in [6.45, 7) is 1.60. The molecule has 0 fully saturated rings. The standard InChI is InChI=1S/C10H23NO5/c1-2-5-16-9-11(3-4-12)10(6-13,7-14)8-15/h12-15H,2-9H2,1H3. The molecule has 0 heterocycles. The van der Waals surface area contributed by atoms with Crippen molar-refractivity contribution in [3.63, 3.8) is 0 Å². The van der Waals surface area contributed by atoms with Gasteiger partial charge in [-0.25, -0.2) is 0 Å². The van der Waals surface area contributed by atoms with E-state index in [-0.39, 0.29) is 19.9 Å². The van der Waals surface area contributed by atoms with Gasteiger partial charge in [-0.15, -0.1) is 0 Å². The Kier molecular flexibility index (Phi) is 8.73. The first-order valence-corrected chi connectivity index (χ1v) is 5.47. The number of nitrogens with zero attached hydrogens (tertiary/aromatic N) is 1. The van der Waals surface area contributed by atoms with Gasteiger partial charge in [-0.3, -0.25) is 4.90 Å². The highest BCUT2D eigenvalue weighted by Gasteiger charge is 2.35. The van der Waals surface area contributed by atoms with Crippen molar-refractivity contribution in [2.45, 2.75) is 18.9 Å². The summed E-state index contributed by atoms with van der Waals surface area (Å²) in [6, 6.07) is 0. The lowest BCUT2D eigenvalue weighted by Gasteiger charge is -2.39. The van der Waals surface area contributed by atoms with Crippen molar-refractivity contribution in [2.24, 2.45) is 0 Å². The number of ether oxygens (including phenoxy) is 1. The number of hydrogen-bond acceptors (Lipinski definition) is 6. The third-order valence-electron chi connectivity index (χ3n) is 2.52. The third-order valence-corrected chi connectivity index (χ3v) is 2.52. The van der Waals surface area contributed by atoms with E-state index in [9.17, 15) is 15.3 Å². The average molecular weight is 237 g/mol. The molecule has 6 heteroatoms. The molecule has 0 saturated carbocycles. The minimum absolute atomic E-state index is 0.128. The summed E-state index contributed by atoms with van der Waals surface area (Å²) in [6.07, 6.45) is 0.858. The van der Waals surface area contributed by atoms with Gasteiger partial charge in [0.15, 0.2) is 0 Å². The molecule has 0 aromatic carbocycles. The second-order valence-corrected chi connectivity index (χ2v) is 3.72. The largest absolute Gasteiger partial charge is 0.395 e. The molecule has 6 nitrogen and oxygen atoms in total. The molecular formula is C10H23NO5. The molecule has 0 radical (unpaired) electrons. The van der Waals surface area contributed by atoms with Crippen LogP contribution in [-0.4, -0.2) is 77.2 Å². The van der Waals surface area contributed by atoms with Crippen LogP contribution in [0.4, 0.5) is 0 Å². The van der Waals surface area contributed by atoms with E-state index in [1.807, 2.05) is 6.92 Å². The van der Waals surface area contributed by atoms with Gasteiger partial charge in [-0.1, -0.05) is 6.92 Å². The molecular weight excluding hydrogens is 214 g/mol. The van der Waals surface area contributed by atoms with Crippen molar-refractivity contribution >= 4 is 0 Å². The molecule has 0 bridgehead atoms. The molecule has 0 aromatic rings. The Balaban J connectivity index is 4.44. The zero-order valence-corrected chi connectivity index (χ0v) is 9.80. The molecule has 0 saturated heterocycles. The van der Waals surface area contributed by atoms with E-state index in [4.69, 9.17) is 9.84 Å². The number of aliphatic hydroxyl groups is 4. The maximum Gasteiger partial charge on any atom is 0.0997 e. The predicted octanol–water partition coefficient (Wildman–Crippen LogP) is -1.62. The van der Waals surface area contributed by atoms with E-state index < -0.39 is 25.4 Å². The number of aliphatic hydroxyl groups excluding tert-OH is 4. The van der Waals surface area contributed by atoms with E-state index in [1.54, 1.807) is 4.90 Å². The molecule has 0 rings (SSSR count). The number of rotatable bonds is 10. The first-order chi connectivity index (χ1) is 7.70. The summed E-state index contributed by atoms with van der Waals surface area (Å²) in [5.41, 5.74) is -1.14. The smallest absolute Gasteiger partial charge is 0.0997 e. The van der Waals surface area contributed by atoms with Crippen LogP contribution in [0.25, 0.3) is 0 Å². The Bertz CT molecular complexity index is 155. The fourth-order valence-electron chi connectivity index (χ4n) is 1.33. The topological polar surface area (TPSA) is 93.4 Å². The first-order valence-electron chi connectivity index (χ1n) is 5.47. The zero-order chi connectivity index (χ0) is 12.4. The summed E-state index contributed by atoms with van der Waals surface area (Å²) in [5.74, 6) is 0. The van der Waals surface area contributed by atoms with Gasteiger partial charge in [0.2, 0.25) is 0 Å². The highest BCUT2D eigenvalue weighted by molar-refractivity contribution is 4.88. The minimum atomic E-state index is -1.14. The highest BCUT2D eigenvalue weighted by Crippen LogP contribution is 2.13. The van der Waals surface area contributed by atoms with Crippen LogP contribution < -0.4 is 0 Å². The summed E-state index contributed by atoms with van der Waals surface area (Å²) in [7, 11) is 0. The summed E-state index contributed by atoms with van der Waals surface area (Å²) < 4.78 is 5.29. The van der Waals surface area contributed by atoms with Gasteiger partial charge in [0.25, 0.3) is 0 Å². The van der Waals surface area contributed by atoms with Crippen LogP contribution >= 0.6 is 0 Å². The molecule has 16 heavy (non-hydrogen) atoms. The lowest BCUT2D eigenvalue weighted by Crippen LogP contribution is -2.58. The monoisotopic (exact) mass is 237 g/mol. The van der Waals surface area contributed by atoms with Crippen LogP contribution in [0.3, 0.4) is 0 Å². The highest BCUT2D eigenvalue weighted by atomic mass is 16.5. The summed E-state index contributed by atoms with van der Waals surface area (Å²) in [4.78, 5) is 1.54. The summed E-state index contributed by atoms with van der Waals surface area (Å²) >= 11 is 0. The zero-order valence-electron chi connectivity index (χ0n) is 9.80. The predicted molar refractivity (Wildman–Crippen MR) is 58.9 cm³/mol. The molecule has 4 N–H and O–H groups in total. The molecule has 0 atom stereocenters. The van der Waals surface area contributed by atoms with Gasteiger partial charge in [0.05, 0.1) is 38.7 Å². The van der Waals surface area contributed by atoms with E-state index >= 15 is 0 Å². The van der Waals surface area contributed by atoms with E-state index in [2.05, 4.69) is 0 Å². The lowest BCUT2D eigenvalue weighted by molar-refractivity contribution is -0.103. The lowest BCUT2D eigenvalue weighted by atomic mass is 10.0. The molecule has 0 aliphatic rings. The van der Waals surface area contributed by atoms with Gasteiger partial charge < -0.3 is 25.2 Å². The SMILES string of the molecule is CCCOCN(CCO)C(CO)(CO)CO. The van der Waals surface area contributed by atoms with Crippen molar-refractivity contribution < 1.29 is 25.2 Å². The molecule has 0 spiro atoms. The van der Waals surface area contributed by atoms with Crippen molar-refractivity contribution in [1.82, 2.24) is 4.90 Å². The Labute approximate surface area is 96.1 Å². The molecule has 98 valence electrons. The normalized spacial score (nSPS) is 12.4. The minimum Gasteiger partial charge on any atom is -0.395 e. The Morgan fingerprint density at radius 1 is 1.06 bits per heavy atom. The molecule has 0 amide bonds. The molecule has 0 aliphatic heterocycles. The van der Waals surface area contributed by atoms with Crippen molar-refractivity contribution in [3.8, 4) is 0 Å². The quantitative estimate of drug-likeness (QED) is 0.269. The second-order valence-electron chi connectivity index (χ2n) is 3.72. The average Bonchev–Trinajstić information content (AvgIpc) is 2.32. The van der Waals surface area contributed by atoms with E-state index in [0.717, 1.165) is 6.42 Å². The van der Waals surface area contributed by atoms with Gasteiger partial charge in [0, 0.05) is 13.2 Å². The number of β-amino-alcohol motifs (C(OH)–C–C–N with tert-alkyl or cyclic N) is 1. The van der Waals surface area contributed by atoms with Crippen molar-refractivity contribution in [1.29, 1.82) is 0 Å². The third kappa shape index (κ3) is 4.32. The fraction of sp³-hybridized carbons (Fsp3) is 1.00. The van der Waals surface area contributed by atoms with Crippen LogP contribution in [0, 0.1) is 0 Å². The summed E-state index contributed by atoms with van der Waals surface area (Å²) in [5, 5.41) is 36.6. The van der Waals surface area contributed by atoms with Gasteiger partial charge >= 0.3 is 0 Å². The van der Waals surface area contributed by atoms with E-state index in [0.29, 0.717) is 6.61 Å². The fourth-order valence-corrected chi connectivity index (χ4v) is 1.33. The van der Waals surface area contributed by atoms with Crippen LogP contribution in [-0.2, 0) is 4.74 Å². The second kappa shape index (κ2) is 8.86. The van der Waals surface area contributed by atoms with Crippen molar-refractivity contribution in [3.05, 3.63) is 0 Å². The molecule has 0 unspecified atom stereocenters. The van der Waals surface area contributed by atoms with E-state index in [1.165, 1.54) is 0 Å². The Hall–Kier alpha value is -0.240. The van der Waals surface area contributed by atoms with Crippen molar-refractivity contribution in [2.75, 3.05) is 46.3 Å². The van der Waals surface area contributed by atoms with Crippen LogP contribution in [0.2, 0.25) is 0 Å². The number of hydrogen-bond donors (Lipinski definition) is 4. The Morgan fingerprint density at radius 2 is 1.62 bits per heavy atom. The maximum atomic E-state index is 9.23. The van der Waals surface area contributed by atoms with Gasteiger partial charge in [-0.05, 0) is 6.42 Å². The first kappa shape index (κ1) is 15.8. The van der Waals surface area contributed by atoms with Crippen LogP contribution in [0.5, 0.6) is 0 Å². The molecule has 0 aliphatic carbocycles. The van der Waals surface area contributed by atoms with Crippen LogP contribution in [0.15, 0.2) is 0 Å². The molecule has 0 aromatic heterocycles. The Morgan fingerprint density at radius 3 is 2.00 bits per heavy atom. The maximum absolute atomic E-state index is 9.23. The van der Waals surface area contributed by atoms with Crippen LogP contribution in [0.1, 0.15) is 13.3 Å².